The maximum atomic E-state index is 12.2. The molecule has 102 valence electrons. The van der Waals surface area contributed by atoms with Gasteiger partial charge in [-0.3, -0.25) is 4.79 Å². The number of nitrogens with two attached hydrogens (primary N) is 1. The molecular formula is C14H19N3O2. The lowest BCUT2D eigenvalue weighted by Crippen LogP contribution is -2.34. The summed E-state index contributed by atoms with van der Waals surface area (Å²) in [6.45, 7) is 2.06. The first-order chi connectivity index (χ1) is 9.15. The lowest BCUT2D eigenvalue weighted by atomic mass is 10.1. The SMILES string of the molecule is CCC(CCO)NC(=O)c1c[nH]c2cc(N)ccc12. The molecule has 1 unspecified atom stereocenters. The van der Waals surface area contributed by atoms with Crippen molar-refractivity contribution in [2.75, 3.05) is 12.3 Å². The van der Waals surface area contributed by atoms with Gasteiger partial charge in [-0.25, -0.2) is 0 Å². The molecule has 0 fully saturated rings. The lowest BCUT2D eigenvalue weighted by Gasteiger charge is -2.15. The standard InChI is InChI=1S/C14H19N3O2/c1-2-10(5-6-18)17-14(19)12-8-16-13-7-9(15)3-4-11(12)13/h3-4,7-8,10,16,18H,2,5-6,15H2,1H3,(H,17,19). The summed E-state index contributed by atoms with van der Waals surface area (Å²) in [5.74, 6) is -0.128. The number of amides is 1. The maximum absolute atomic E-state index is 12.2. The van der Waals surface area contributed by atoms with Crippen molar-refractivity contribution >= 4 is 22.5 Å². The molecule has 0 radical (unpaired) electrons. The van der Waals surface area contributed by atoms with E-state index in [-0.39, 0.29) is 18.6 Å². The van der Waals surface area contributed by atoms with Crippen LogP contribution in [0.4, 0.5) is 5.69 Å². The molecule has 2 aromatic rings. The highest BCUT2D eigenvalue weighted by Crippen LogP contribution is 2.20. The molecular weight excluding hydrogens is 242 g/mol. The summed E-state index contributed by atoms with van der Waals surface area (Å²) >= 11 is 0. The van der Waals surface area contributed by atoms with Gasteiger partial charge in [0.1, 0.15) is 0 Å². The maximum Gasteiger partial charge on any atom is 0.253 e. The van der Waals surface area contributed by atoms with Crippen LogP contribution in [0, 0.1) is 0 Å². The fraction of sp³-hybridized carbons (Fsp3) is 0.357. The molecule has 0 saturated heterocycles. The van der Waals surface area contributed by atoms with Crippen LogP contribution in [0.3, 0.4) is 0 Å². The fourth-order valence-electron chi connectivity index (χ4n) is 2.13. The van der Waals surface area contributed by atoms with E-state index in [1.807, 2.05) is 13.0 Å². The van der Waals surface area contributed by atoms with Gasteiger partial charge >= 0.3 is 0 Å². The second-order valence-corrected chi connectivity index (χ2v) is 4.60. The van der Waals surface area contributed by atoms with E-state index in [0.717, 1.165) is 17.3 Å². The smallest absolute Gasteiger partial charge is 0.253 e. The molecule has 5 nitrogen and oxygen atoms in total. The molecule has 0 saturated carbocycles. The van der Waals surface area contributed by atoms with E-state index >= 15 is 0 Å². The first kappa shape index (κ1) is 13.4. The minimum atomic E-state index is -0.128. The zero-order valence-corrected chi connectivity index (χ0v) is 10.9. The number of hydrogen-bond acceptors (Lipinski definition) is 3. The van der Waals surface area contributed by atoms with Crippen molar-refractivity contribution in [2.45, 2.75) is 25.8 Å². The summed E-state index contributed by atoms with van der Waals surface area (Å²) in [5.41, 5.74) is 7.81. The zero-order chi connectivity index (χ0) is 13.8. The average Bonchev–Trinajstić information content (AvgIpc) is 2.80. The van der Waals surface area contributed by atoms with Crippen LogP contribution in [-0.4, -0.2) is 28.6 Å². The number of aromatic nitrogens is 1. The number of anilines is 1. The number of benzene rings is 1. The van der Waals surface area contributed by atoms with Crippen molar-refractivity contribution < 1.29 is 9.90 Å². The molecule has 5 heteroatoms. The molecule has 1 amide bonds. The van der Waals surface area contributed by atoms with Crippen molar-refractivity contribution in [3.63, 3.8) is 0 Å². The Labute approximate surface area is 111 Å². The Morgan fingerprint density at radius 1 is 1.53 bits per heavy atom. The molecule has 1 aromatic carbocycles. The van der Waals surface area contributed by atoms with Gasteiger partial charge in [-0.1, -0.05) is 6.92 Å². The van der Waals surface area contributed by atoms with Gasteiger partial charge in [0, 0.05) is 35.4 Å². The Balaban J connectivity index is 2.21. The molecule has 0 bridgehead atoms. The Hall–Kier alpha value is -2.01. The van der Waals surface area contributed by atoms with E-state index in [1.54, 1.807) is 18.3 Å². The minimum absolute atomic E-state index is 0.00349. The molecule has 1 heterocycles. The normalized spacial score (nSPS) is 12.5. The van der Waals surface area contributed by atoms with E-state index in [2.05, 4.69) is 10.3 Å². The quantitative estimate of drug-likeness (QED) is 0.617. The number of carbonyl (C=O) groups excluding carboxylic acids is 1. The number of carbonyl (C=O) groups is 1. The van der Waals surface area contributed by atoms with Crippen LogP contribution in [0.2, 0.25) is 0 Å². The largest absolute Gasteiger partial charge is 0.399 e. The molecule has 2 rings (SSSR count). The molecule has 0 aliphatic heterocycles. The second kappa shape index (κ2) is 5.75. The summed E-state index contributed by atoms with van der Waals surface area (Å²) in [6, 6.07) is 5.41. The monoisotopic (exact) mass is 261 g/mol. The Bertz CT molecular complexity index is 577. The van der Waals surface area contributed by atoms with Crippen molar-refractivity contribution in [2.24, 2.45) is 0 Å². The third kappa shape index (κ3) is 2.88. The zero-order valence-electron chi connectivity index (χ0n) is 10.9. The van der Waals surface area contributed by atoms with Gasteiger partial charge in [-0.2, -0.15) is 0 Å². The highest BCUT2D eigenvalue weighted by Gasteiger charge is 2.15. The Kier molecular flexibility index (Phi) is 4.06. The summed E-state index contributed by atoms with van der Waals surface area (Å²) in [7, 11) is 0. The van der Waals surface area contributed by atoms with Crippen LogP contribution in [-0.2, 0) is 0 Å². The molecule has 1 atom stereocenters. The van der Waals surface area contributed by atoms with Crippen LogP contribution < -0.4 is 11.1 Å². The average molecular weight is 261 g/mol. The predicted molar refractivity (Wildman–Crippen MR) is 76.0 cm³/mol. The summed E-state index contributed by atoms with van der Waals surface area (Å²) in [4.78, 5) is 15.2. The van der Waals surface area contributed by atoms with E-state index in [4.69, 9.17) is 10.8 Å². The number of hydrogen-bond donors (Lipinski definition) is 4. The Morgan fingerprint density at radius 3 is 3.00 bits per heavy atom. The van der Waals surface area contributed by atoms with Crippen LogP contribution >= 0.6 is 0 Å². The van der Waals surface area contributed by atoms with Gasteiger partial charge in [-0.15, -0.1) is 0 Å². The van der Waals surface area contributed by atoms with Gasteiger partial charge in [0.2, 0.25) is 0 Å². The van der Waals surface area contributed by atoms with E-state index in [9.17, 15) is 4.79 Å². The first-order valence-electron chi connectivity index (χ1n) is 6.44. The predicted octanol–water partition coefficient (Wildman–Crippen LogP) is 1.64. The van der Waals surface area contributed by atoms with Crippen LogP contribution in [0.15, 0.2) is 24.4 Å². The van der Waals surface area contributed by atoms with Gasteiger partial charge in [0.05, 0.1) is 5.56 Å². The van der Waals surface area contributed by atoms with Crippen LogP contribution in [0.5, 0.6) is 0 Å². The second-order valence-electron chi connectivity index (χ2n) is 4.60. The number of fused-ring (bicyclic) bond motifs is 1. The van der Waals surface area contributed by atoms with Gasteiger partial charge in [0.25, 0.3) is 5.91 Å². The molecule has 1 aromatic heterocycles. The number of aliphatic hydroxyl groups is 1. The fourth-order valence-corrected chi connectivity index (χ4v) is 2.13. The third-order valence-electron chi connectivity index (χ3n) is 3.26. The van der Waals surface area contributed by atoms with Gasteiger partial charge < -0.3 is 21.1 Å². The topological polar surface area (TPSA) is 91.1 Å². The molecule has 5 N–H and O–H groups in total. The number of nitrogens with one attached hydrogen (secondary N) is 2. The lowest BCUT2D eigenvalue weighted by molar-refractivity contribution is 0.0931. The number of rotatable bonds is 5. The molecule has 0 spiro atoms. The summed E-state index contributed by atoms with van der Waals surface area (Å²) < 4.78 is 0. The minimum Gasteiger partial charge on any atom is -0.399 e. The van der Waals surface area contributed by atoms with Crippen molar-refractivity contribution in [3.8, 4) is 0 Å². The van der Waals surface area contributed by atoms with Crippen molar-refractivity contribution in [1.29, 1.82) is 0 Å². The third-order valence-corrected chi connectivity index (χ3v) is 3.26. The summed E-state index contributed by atoms with van der Waals surface area (Å²) in [6.07, 6.45) is 3.05. The highest BCUT2D eigenvalue weighted by atomic mass is 16.3. The number of aliphatic hydroxyl groups excluding tert-OH is 1. The van der Waals surface area contributed by atoms with Crippen LogP contribution in [0.25, 0.3) is 10.9 Å². The van der Waals surface area contributed by atoms with Crippen molar-refractivity contribution in [1.82, 2.24) is 10.3 Å². The Morgan fingerprint density at radius 2 is 2.32 bits per heavy atom. The van der Waals surface area contributed by atoms with E-state index in [0.29, 0.717) is 17.7 Å². The van der Waals surface area contributed by atoms with Gasteiger partial charge in [-0.05, 0) is 31.0 Å². The van der Waals surface area contributed by atoms with E-state index in [1.165, 1.54) is 0 Å². The van der Waals surface area contributed by atoms with Crippen LogP contribution in [0.1, 0.15) is 30.1 Å². The molecule has 19 heavy (non-hydrogen) atoms. The molecule has 0 aliphatic carbocycles. The van der Waals surface area contributed by atoms with E-state index < -0.39 is 0 Å². The molecule has 0 aliphatic rings. The number of aromatic amines is 1. The number of nitrogen functional groups attached to an aromatic ring is 1. The highest BCUT2D eigenvalue weighted by molar-refractivity contribution is 6.07. The summed E-state index contributed by atoms with van der Waals surface area (Å²) in [5, 5.41) is 12.7. The van der Waals surface area contributed by atoms with Crippen molar-refractivity contribution in [3.05, 3.63) is 30.0 Å². The number of H-pyrrole nitrogens is 1. The van der Waals surface area contributed by atoms with Gasteiger partial charge in [0.15, 0.2) is 0 Å². The first-order valence-corrected chi connectivity index (χ1v) is 6.44.